The van der Waals surface area contributed by atoms with E-state index in [0.717, 1.165) is 5.56 Å². The van der Waals surface area contributed by atoms with Crippen molar-refractivity contribution in [3.05, 3.63) is 40.9 Å². The highest BCUT2D eigenvalue weighted by atomic mass is 35.5. The zero-order valence-corrected chi connectivity index (χ0v) is 11.3. The lowest BCUT2D eigenvalue weighted by molar-refractivity contribution is -0.117. The van der Waals surface area contributed by atoms with Crippen molar-refractivity contribution in [2.45, 2.75) is 19.9 Å². The lowest BCUT2D eigenvalue weighted by Gasteiger charge is -2.18. The number of aliphatic hydroxyl groups excluding tert-OH is 1. The van der Waals surface area contributed by atoms with Crippen molar-refractivity contribution in [3.8, 4) is 0 Å². The molecule has 0 aromatic heterocycles. The van der Waals surface area contributed by atoms with E-state index in [9.17, 15) is 4.79 Å². The summed E-state index contributed by atoms with van der Waals surface area (Å²) in [5, 5.41) is 12.5. The van der Waals surface area contributed by atoms with E-state index in [2.05, 4.69) is 5.32 Å². The second-order valence-electron chi connectivity index (χ2n) is 4.43. The first-order valence-corrected chi connectivity index (χ1v) is 6.25. The number of carbonyl (C=O) groups excluding carboxylic acids is 1. The van der Waals surface area contributed by atoms with Crippen LogP contribution in [0.2, 0.25) is 5.02 Å². The second kappa shape index (κ2) is 7.19. The van der Waals surface area contributed by atoms with Crippen molar-refractivity contribution in [3.63, 3.8) is 0 Å². The summed E-state index contributed by atoms with van der Waals surface area (Å²) in [6.07, 6.45) is 3.16. The maximum Gasteiger partial charge on any atom is 0.244 e. The van der Waals surface area contributed by atoms with Crippen LogP contribution in [0.25, 0.3) is 6.08 Å². The highest BCUT2D eigenvalue weighted by Crippen LogP contribution is 2.10. The van der Waals surface area contributed by atoms with E-state index in [1.807, 2.05) is 26.0 Å². The Kier molecular flexibility index (Phi) is 5.89. The fourth-order valence-corrected chi connectivity index (χ4v) is 1.53. The Morgan fingerprint density at radius 1 is 1.39 bits per heavy atom. The molecule has 0 heterocycles. The quantitative estimate of drug-likeness (QED) is 0.806. The maximum absolute atomic E-state index is 11.6. The molecule has 98 valence electrons. The number of carbonyl (C=O) groups is 1. The Labute approximate surface area is 112 Å². The third kappa shape index (κ3) is 4.90. The standard InChI is InChI=1S/C14H18ClNO2/c1-10(2)13(9-17)16-14(18)8-5-11-3-6-12(15)7-4-11/h3-8,10,13,17H,9H2,1-2H3,(H,16,18)/t13-/m1/s1. The zero-order chi connectivity index (χ0) is 13.5. The lowest BCUT2D eigenvalue weighted by atomic mass is 10.1. The Hall–Kier alpha value is -1.32. The van der Waals surface area contributed by atoms with Crippen LogP contribution in [-0.4, -0.2) is 23.7 Å². The number of rotatable bonds is 5. The summed E-state index contributed by atoms with van der Waals surface area (Å²) in [6, 6.07) is 6.98. The van der Waals surface area contributed by atoms with Crippen LogP contribution in [0, 0.1) is 5.92 Å². The highest BCUT2D eigenvalue weighted by molar-refractivity contribution is 6.30. The number of hydrogen-bond donors (Lipinski definition) is 2. The predicted octanol–water partition coefficient (Wildman–Crippen LogP) is 2.49. The molecule has 1 aromatic carbocycles. The van der Waals surface area contributed by atoms with Crippen molar-refractivity contribution in [1.29, 1.82) is 0 Å². The van der Waals surface area contributed by atoms with Crippen LogP contribution >= 0.6 is 11.6 Å². The smallest absolute Gasteiger partial charge is 0.244 e. The van der Waals surface area contributed by atoms with Crippen LogP contribution in [0.15, 0.2) is 30.3 Å². The molecule has 0 aliphatic rings. The van der Waals surface area contributed by atoms with Crippen molar-refractivity contribution >= 4 is 23.6 Å². The summed E-state index contributed by atoms with van der Waals surface area (Å²) in [4.78, 5) is 11.6. The molecule has 0 aliphatic heterocycles. The molecule has 2 N–H and O–H groups in total. The van der Waals surface area contributed by atoms with Gasteiger partial charge in [-0.3, -0.25) is 4.79 Å². The van der Waals surface area contributed by atoms with Gasteiger partial charge < -0.3 is 10.4 Å². The van der Waals surface area contributed by atoms with E-state index in [4.69, 9.17) is 16.7 Å². The molecular formula is C14H18ClNO2. The van der Waals surface area contributed by atoms with Gasteiger partial charge in [-0.1, -0.05) is 37.6 Å². The first kappa shape index (κ1) is 14.7. The van der Waals surface area contributed by atoms with Crippen molar-refractivity contribution in [1.82, 2.24) is 5.32 Å². The van der Waals surface area contributed by atoms with E-state index in [0.29, 0.717) is 5.02 Å². The molecule has 1 rings (SSSR count). The first-order chi connectivity index (χ1) is 8.52. The Morgan fingerprint density at radius 3 is 2.50 bits per heavy atom. The molecule has 0 bridgehead atoms. The molecule has 1 atom stereocenters. The minimum Gasteiger partial charge on any atom is -0.394 e. The van der Waals surface area contributed by atoms with Gasteiger partial charge in [-0.2, -0.15) is 0 Å². The molecule has 4 heteroatoms. The summed E-state index contributed by atoms with van der Waals surface area (Å²) in [5.41, 5.74) is 0.902. The number of nitrogens with one attached hydrogen (secondary N) is 1. The third-order valence-corrected chi connectivity index (χ3v) is 2.88. The summed E-state index contributed by atoms with van der Waals surface area (Å²) in [6.45, 7) is 3.84. The zero-order valence-electron chi connectivity index (χ0n) is 10.6. The molecule has 1 aromatic rings. The van der Waals surface area contributed by atoms with Gasteiger partial charge in [0.05, 0.1) is 12.6 Å². The number of halogens is 1. The van der Waals surface area contributed by atoms with Gasteiger partial charge in [0.1, 0.15) is 0 Å². The molecule has 3 nitrogen and oxygen atoms in total. The Bertz CT molecular complexity index is 412. The lowest BCUT2D eigenvalue weighted by Crippen LogP contribution is -2.40. The maximum atomic E-state index is 11.6. The molecule has 1 amide bonds. The van der Waals surface area contributed by atoms with Crippen LogP contribution in [-0.2, 0) is 4.79 Å². The summed E-state index contributed by atoms with van der Waals surface area (Å²) < 4.78 is 0. The van der Waals surface area contributed by atoms with E-state index < -0.39 is 0 Å². The van der Waals surface area contributed by atoms with Crippen molar-refractivity contribution in [2.75, 3.05) is 6.61 Å². The van der Waals surface area contributed by atoms with Gasteiger partial charge in [0.25, 0.3) is 0 Å². The first-order valence-electron chi connectivity index (χ1n) is 5.88. The summed E-state index contributed by atoms with van der Waals surface area (Å²) in [5.74, 6) is -0.0134. The molecule has 0 saturated heterocycles. The second-order valence-corrected chi connectivity index (χ2v) is 4.86. The molecule has 0 spiro atoms. The van der Waals surface area contributed by atoms with Gasteiger partial charge in [-0.15, -0.1) is 0 Å². The molecule has 0 radical (unpaired) electrons. The van der Waals surface area contributed by atoms with Crippen LogP contribution in [0.1, 0.15) is 19.4 Å². The molecule has 18 heavy (non-hydrogen) atoms. The minimum atomic E-state index is -0.215. The van der Waals surface area contributed by atoms with Gasteiger partial charge in [0.15, 0.2) is 0 Å². The topological polar surface area (TPSA) is 49.3 Å². The number of benzene rings is 1. The Balaban J connectivity index is 2.56. The van der Waals surface area contributed by atoms with Gasteiger partial charge in [0.2, 0.25) is 5.91 Å². The van der Waals surface area contributed by atoms with E-state index in [1.54, 1.807) is 18.2 Å². The molecular weight excluding hydrogens is 250 g/mol. The molecule has 0 aliphatic carbocycles. The van der Waals surface area contributed by atoms with Crippen LogP contribution in [0.5, 0.6) is 0 Å². The van der Waals surface area contributed by atoms with Crippen LogP contribution in [0.4, 0.5) is 0 Å². The van der Waals surface area contributed by atoms with Gasteiger partial charge in [-0.25, -0.2) is 0 Å². The van der Waals surface area contributed by atoms with Crippen LogP contribution in [0.3, 0.4) is 0 Å². The average molecular weight is 268 g/mol. The third-order valence-electron chi connectivity index (χ3n) is 2.63. The largest absolute Gasteiger partial charge is 0.394 e. The molecule has 0 unspecified atom stereocenters. The predicted molar refractivity (Wildman–Crippen MR) is 74.3 cm³/mol. The number of aliphatic hydroxyl groups is 1. The number of hydrogen-bond acceptors (Lipinski definition) is 2. The Morgan fingerprint density at radius 2 is 2.00 bits per heavy atom. The van der Waals surface area contributed by atoms with Gasteiger partial charge in [0, 0.05) is 11.1 Å². The van der Waals surface area contributed by atoms with Crippen molar-refractivity contribution < 1.29 is 9.90 Å². The normalized spacial score (nSPS) is 12.9. The van der Waals surface area contributed by atoms with Crippen molar-refractivity contribution in [2.24, 2.45) is 5.92 Å². The fraction of sp³-hybridized carbons (Fsp3) is 0.357. The molecule has 0 fully saturated rings. The SMILES string of the molecule is CC(C)[C@@H](CO)NC(=O)C=Cc1ccc(Cl)cc1. The van der Waals surface area contributed by atoms with E-state index in [-0.39, 0.29) is 24.5 Å². The summed E-state index contributed by atoms with van der Waals surface area (Å²) >= 11 is 5.77. The van der Waals surface area contributed by atoms with Crippen LogP contribution < -0.4 is 5.32 Å². The van der Waals surface area contributed by atoms with E-state index >= 15 is 0 Å². The summed E-state index contributed by atoms with van der Waals surface area (Å²) in [7, 11) is 0. The van der Waals surface area contributed by atoms with Gasteiger partial charge >= 0.3 is 0 Å². The number of amides is 1. The van der Waals surface area contributed by atoms with Gasteiger partial charge in [-0.05, 0) is 29.7 Å². The molecule has 0 saturated carbocycles. The van der Waals surface area contributed by atoms with E-state index in [1.165, 1.54) is 6.08 Å². The highest BCUT2D eigenvalue weighted by Gasteiger charge is 2.12. The fourth-order valence-electron chi connectivity index (χ4n) is 1.40. The monoisotopic (exact) mass is 267 g/mol. The minimum absolute atomic E-state index is 0.0573. The average Bonchev–Trinajstić information content (AvgIpc) is 2.35.